The van der Waals surface area contributed by atoms with Gasteiger partial charge < -0.3 is 18.9 Å². The highest BCUT2D eigenvalue weighted by molar-refractivity contribution is 5.93. The number of esters is 2. The third kappa shape index (κ3) is 7.17. The predicted octanol–water partition coefficient (Wildman–Crippen LogP) is 7.32. The molecular weight excluding hydrogens is 504 g/mol. The van der Waals surface area contributed by atoms with Gasteiger partial charge in [0.15, 0.2) is 12.2 Å². The average molecular weight is 537 g/mol. The van der Waals surface area contributed by atoms with Gasteiger partial charge in [-0.05, 0) is 37.1 Å². The number of hydrogen-bond acceptors (Lipinski definition) is 6. The summed E-state index contributed by atoms with van der Waals surface area (Å²) >= 11 is 0. The van der Waals surface area contributed by atoms with Gasteiger partial charge in [0.1, 0.15) is 24.7 Å². The number of fused-ring (bicyclic) bond motifs is 1. The average Bonchev–Trinajstić information content (AvgIpc) is 2.97. The molecule has 4 aromatic carbocycles. The lowest BCUT2D eigenvalue weighted by Crippen LogP contribution is -2.19. The van der Waals surface area contributed by atoms with Crippen molar-refractivity contribution >= 4 is 22.7 Å². The third-order valence-corrected chi connectivity index (χ3v) is 6.16. The van der Waals surface area contributed by atoms with Crippen molar-refractivity contribution in [3.05, 3.63) is 132 Å². The summed E-state index contributed by atoms with van der Waals surface area (Å²) in [5.74, 6) is 0.268. The quantitative estimate of drug-likeness (QED) is 0.140. The Hall–Kier alpha value is -4.84. The van der Waals surface area contributed by atoms with Crippen LogP contribution in [-0.4, -0.2) is 25.2 Å². The zero-order valence-corrected chi connectivity index (χ0v) is 22.7. The standard InChI is InChI=1S/C34H32O6/c1-23(2)33(35)39-31(25-13-7-5-8-14-25)21-37-29-19-11-18-28-27(29)17-12-20-30(28)38-22-32(40-34(36)24(3)4)26-15-9-6-10-16-26/h5-20,31-32H,1,3,21-22H2,2,4H3. The van der Waals surface area contributed by atoms with E-state index in [1.807, 2.05) is 97.1 Å². The fourth-order valence-electron chi connectivity index (χ4n) is 4.03. The molecule has 0 saturated carbocycles. The normalized spacial score (nSPS) is 12.2. The van der Waals surface area contributed by atoms with Gasteiger partial charge in [0.05, 0.1) is 0 Å². The van der Waals surface area contributed by atoms with Gasteiger partial charge in [0, 0.05) is 21.9 Å². The lowest BCUT2D eigenvalue weighted by atomic mass is 10.1. The molecule has 0 fully saturated rings. The predicted molar refractivity (Wildman–Crippen MR) is 155 cm³/mol. The molecule has 2 unspecified atom stereocenters. The van der Waals surface area contributed by atoms with E-state index in [-0.39, 0.29) is 13.2 Å². The summed E-state index contributed by atoms with van der Waals surface area (Å²) < 4.78 is 23.8. The molecule has 0 aliphatic carbocycles. The number of hydrogen-bond donors (Lipinski definition) is 0. The molecule has 2 atom stereocenters. The van der Waals surface area contributed by atoms with Gasteiger partial charge >= 0.3 is 11.9 Å². The Morgan fingerprint density at radius 3 is 1.30 bits per heavy atom. The molecule has 204 valence electrons. The molecular formula is C34H32O6. The third-order valence-electron chi connectivity index (χ3n) is 6.16. The minimum atomic E-state index is -0.616. The first-order valence-electron chi connectivity index (χ1n) is 12.9. The van der Waals surface area contributed by atoms with Crippen molar-refractivity contribution < 1.29 is 28.5 Å². The number of carbonyl (C=O) groups is 2. The summed E-state index contributed by atoms with van der Waals surface area (Å²) in [5, 5.41) is 1.65. The fraction of sp³-hybridized carbons (Fsp3) is 0.176. The van der Waals surface area contributed by atoms with E-state index in [0.29, 0.717) is 22.6 Å². The smallest absolute Gasteiger partial charge is 0.333 e. The van der Waals surface area contributed by atoms with Crippen molar-refractivity contribution in [1.29, 1.82) is 0 Å². The Labute approximate surface area is 234 Å². The molecule has 0 saturated heterocycles. The SMILES string of the molecule is C=C(C)C(=O)OC(COc1cccc2c(OCC(OC(=O)C(=C)C)c3ccccc3)cccc12)c1ccccc1. The van der Waals surface area contributed by atoms with Gasteiger partial charge in [0.2, 0.25) is 0 Å². The molecule has 0 radical (unpaired) electrons. The van der Waals surface area contributed by atoms with E-state index in [1.165, 1.54) is 0 Å². The minimum Gasteiger partial charge on any atom is -0.489 e. The van der Waals surface area contributed by atoms with Crippen molar-refractivity contribution in [3.63, 3.8) is 0 Å². The van der Waals surface area contributed by atoms with Gasteiger partial charge in [-0.2, -0.15) is 0 Å². The minimum absolute atomic E-state index is 0.111. The second-order valence-corrected chi connectivity index (χ2v) is 9.40. The Bertz CT molecular complexity index is 1380. The highest BCUT2D eigenvalue weighted by Crippen LogP contribution is 2.34. The van der Waals surface area contributed by atoms with E-state index in [4.69, 9.17) is 18.9 Å². The molecule has 4 rings (SSSR count). The first-order valence-corrected chi connectivity index (χ1v) is 12.9. The molecule has 0 aliphatic rings. The Kier molecular flexibility index (Phi) is 9.36. The van der Waals surface area contributed by atoms with Crippen molar-refractivity contribution in [1.82, 2.24) is 0 Å². The number of carbonyl (C=O) groups excluding carboxylic acids is 2. The molecule has 0 bridgehead atoms. The van der Waals surface area contributed by atoms with Gasteiger partial charge in [-0.3, -0.25) is 0 Å². The summed E-state index contributed by atoms with van der Waals surface area (Å²) in [7, 11) is 0. The summed E-state index contributed by atoms with van der Waals surface area (Å²) in [6, 6.07) is 30.2. The summed E-state index contributed by atoms with van der Waals surface area (Å²) in [6.07, 6.45) is -1.23. The second kappa shape index (κ2) is 13.3. The van der Waals surface area contributed by atoms with Crippen LogP contribution >= 0.6 is 0 Å². The van der Waals surface area contributed by atoms with E-state index < -0.39 is 24.1 Å². The summed E-state index contributed by atoms with van der Waals surface area (Å²) in [6.45, 7) is 10.8. The Balaban J connectivity index is 1.55. The van der Waals surface area contributed by atoms with Crippen molar-refractivity contribution in [2.75, 3.05) is 13.2 Å². The van der Waals surface area contributed by atoms with Crippen LogP contribution < -0.4 is 9.47 Å². The highest BCUT2D eigenvalue weighted by atomic mass is 16.6. The molecule has 0 aliphatic heterocycles. The second-order valence-electron chi connectivity index (χ2n) is 9.40. The van der Waals surface area contributed by atoms with Crippen LogP contribution in [0.2, 0.25) is 0 Å². The van der Waals surface area contributed by atoms with Crippen LogP contribution in [0.15, 0.2) is 121 Å². The van der Waals surface area contributed by atoms with Crippen LogP contribution in [0.3, 0.4) is 0 Å². The summed E-state index contributed by atoms with van der Waals surface area (Å²) in [4.78, 5) is 24.6. The van der Waals surface area contributed by atoms with E-state index in [2.05, 4.69) is 13.2 Å². The molecule has 0 aromatic heterocycles. The fourth-order valence-corrected chi connectivity index (χ4v) is 4.03. The zero-order chi connectivity index (χ0) is 28.5. The van der Waals surface area contributed by atoms with Crippen LogP contribution in [0.25, 0.3) is 10.8 Å². The summed E-state index contributed by atoms with van der Waals surface area (Å²) in [5.41, 5.74) is 2.27. The maximum atomic E-state index is 12.3. The first-order chi connectivity index (χ1) is 19.3. The van der Waals surface area contributed by atoms with Crippen LogP contribution in [0, 0.1) is 0 Å². The highest BCUT2D eigenvalue weighted by Gasteiger charge is 2.21. The number of benzene rings is 4. The molecule has 0 spiro atoms. The van der Waals surface area contributed by atoms with Gasteiger partial charge in [-0.15, -0.1) is 0 Å². The maximum absolute atomic E-state index is 12.3. The van der Waals surface area contributed by atoms with Crippen molar-refractivity contribution in [3.8, 4) is 11.5 Å². The number of rotatable bonds is 12. The Morgan fingerprint density at radius 1 is 0.575 bits per heavy atom. The lowest BCUT2D eigenvalue weighted by molar-refractivity contribution is -0.147. The van der Waals surface area contributed by atoms with Gasteiger partial charge in [0.25, 0.3) is 0 Å². The van der Waals surface area contributed by atoms with Gasteiger partial charge in [-0.1, -0.05) is 98.1 Å². The van der Waals surface area contributed by atoms with Crippen molar-refractivity contribution in [2.24, 2.45) is 0 Å². The molecule has 40 heavy (non-hydrogen) atoms. The van der Waals surface area contributed by atoms with Crippen LogP contribution in [0.5, 0.6) is 11.5 Å². The topological polar surface area (TPSA) is 71.1 Å². The monoisotopic (exact) mass is 536 g/mol. The van der Waals surface area contributed by atoms with Crippen LogP contribution in [0.4, 0.5) is 0 Å². The molecule has 0 heterocycles. The van der Waals surface area contributed by atoms with Gasteiger partial charge in [-0.25, -0.2) is 9.59 Å². The van der Waals surface area contributed by atoms with E-state index in [1.54, 1.807) is 13.8 Å². The molecule has 6 heteroatoms. The van der Waals surface area contributed by atoms with Crippen LogP contribution in [-0.2, 0) is 19.1 Å². The van der Waals surface area contributed by atoms with E-state index >= 15 is 0 Å². The van der Waals surface area contributed by atoms with E-state index in [9.17, 15) is 9.59 Å². The number of ether oxygens (including phenoxy) is 4. The molecule has 0 amide bonds. The maximum Gasteiger partial charge on any atom is 0.333 e. The first kappa shape index (κ1) is 28.2. The van der Waals surface area contributed by atoms with Crippen molar-refractivity contribution in [2.45, 2.75) is 26.1 Å². The largest absolute Gasteiger partial charge is 0.489 e. The zero-order valence-electron chi connectivity index (χ0n) is 22.7. The van der Waals surface area contributed by atoms with E-state index in [0.717, 1.165) is 21.9 Å². The molecule has 4 aromatic rings. The Morgan fingerprint density at radius 2 is 0.950 bits per heavy atom. The molecule has 6 nitrogen and oxygen atoms in total. The lowest BCUT2D eigenvalue weighted by Gasteiger charge is -2.21. The molecule has 0 N–H and O–H groups in total. The van der Waals surface area contributed by atoms with Crippen LogP contribution in [0.1, 0.15) is 37.2 Å².